The Kier molecular flexibility index (Phi) is 7.00. The van der Waals surface area contributed by atoms with Crippen LogP contribution in [0, 0.1) is 0 Å². The van der Waals surface area contributed by atoms with Crippen molar-refractivity contribution in [1.29, 1.82) is 0 Å². The molecule has 2 aromatic carbocycles. The van der Waals surface area contributed by atoms with Crippen LogP contribution >= 0.6 is 11.6 Å². The molecular formula is C19H22ClN3O3. The van der Waals surface area contributed by atoms with E-state index in [1.54, 1.807) is 74.5 Å². The van der Waals surface area contributed by atoms with Gasteiger partial charge < -0.3 is 15.4 Å². The molecule has 7 heteroatoms. The van der Waals surface area contributed by atoms with E-state index in [9.17, 15) is 9.59 Å². The fourth-order valence-corrected chi connectivity index (χ4v) is 2.37. The van der Waals surface area contributed by atoms with Crippen molar-refractivity contribution in [2.24, 2.45) is 0 Å². The van der Waals surface area contributed by atoms with Crippen molar-refractivity contribution in [1.82, 2.24) is 4.90 Å². The zero-order valence-electron chi connectivity index (χ0n) is 15.0. The van der Waals surface area contributed by atoms with Gasteiger partial charge in [-0.3, -0.25) is 14.5 Å². The summed E-state index contributed by atoms with van der Waals surface area (Å²) < 4.78 is 5.13. The molecule has 0 fully saturated rings. The van der Waals surface area contributed by atoms with Crippen molar-refractivity contribution in [3.05, 3.63) is 53.6 Å². The minimum atomic E-state index is -0.485. The quantitative estimate of drug-likeness (QED) is 0.779. The molecule has 1 atom stereocenters. The lowest BCUT2D eigenvalue weighted by Crippen LogP contribution is -2.43. The topological polar surface area (TPSA) is 70.7 Å². The van der Waals surface area contributed by atoms with Gasteiger partial charge in [-0.2, -0.15) is 0 Å². The summed E-state index contributed by atoms with van der Waals surface area (Å²) in [7, 11) is 3.28. The second kappa shape index (κ2) is 9.22. The molecule has 26 heavy (non-hydrogen) atoms. The van der Waals surface area contributed by atoms with E-state index in [1.165, 1.54) is 0 Å². The van der Waals surface area contributed by atoms with Crippen molar-refractivity contribution in [2.75, 3.05) is 31.3 Å². The highest BCUT2D eigenvalue weighted by atomic mass is 35.5. The molecule has 6 nitrogen and oxygen atoms in total. The van der Waals surface area contributed by atoms with Crippen LogP contribution in [0.2, 0.25) is 5.02 Å². The number of carbonyl (C=O) groups is 2. The van der Waals surface area contributed by atoms with E-state index in [2.05, 4.69) is 10.6 Å². The van der Waals surface area contributed by atoms with Crippen molar-refractivity contribution in [3.8, 4) is 5.75 Å². The van der Waals surface area contributed by atoms with E-state index in [1.807, 2.05) is 0 Å². The summed E-state index contributed by atoms with van der Waals surface area (Å²) >= 11 is 5.83. The Bertz CT molecular complexity index is 765. The van der Waals surface area contributed by atoms with E-state index in [4.69, 9.17) is 16.3 Å². The average Bonchev–Trinajstić information content (AvgIpc) is 2.62. The number of hydrogen-bond donors (Lipinski definition) is 2. The first kappa shape index (κ1) is 19.8. The number of carbonyl (C=O) groups excluding carboxylic acids is 2. The maximum atomic E-state index is 12.3. The number of hydrogen-bond acceptors (Lipinski definition) is 4. The first-order valence-corrected chi connectivity index (χ1v) is 8.47. The second-order valence-electron chi connectivity index (χ2n) is 5.87. The summed E-state index contributed by atoms with van der Waals surface area (Å²) in [5.41, 5.74) is 1.29. The van der Waals surface area contributed by atoms with Crippen LogP contribution < -0.4 is 15.4 Å². The Morgan fingerprint density at radius 1 is 1.12 bits per heavy atom. The summed E-state index contributed by atoms with van der Waals surface area (Å²) in [6.07, 6.45) is 0. The number of likely N-dealkylation sites (N-methyl/N-ethyl adjacent to an activating group) is 1. The molecule has 2 N–H and O–H groups in total. The number of nitrogens with one attached hydrogen (secondary N) is 2. The van der Waals surface area contributed by atoms with Gasteiger partial charge in [0, 0.05) is 22.5 Å². The van der Waals surface area contributed by atoms with Gasteiger partial charge in [0.05, 0.1) is 19.7 Å². The van der Waals surface area contributed by atoms with Gasteiger partial charge in [-0.05, 0) is 50.4 Å². The van der Waals surface area contributed by atoms with Crippen molar-refractivity contribution >= 4 is 34.8 Å². The van der Waals surface area contributed by atoms with Crippen LogP contribution in [-0.4, -0.2) is 43.5 Å². The Balaban J connectivity index is 1.88. The normalized spacial score (nSPS) is 11.7. The van der Waals surface area contributed by atoms with Gasteiger partial charge in [0.1, 0.15) is 5.75 Å². The third-order valence-electron chi connectivity index (χ3n) is 3.90. The minimum Gasteiger partial charge on any atom is -0.497 e. The van der Waals surface area contributed by atoms with Gasteiger partial charge >= 0.3 is 0 Å². The fourth-order valence-electron chi connectivity index (χ4n) is 2.24. The number of benzene rings is 2. The summed E-state index contributed by atoms with van der Waals surface area (Å²) in [6, 6.07) is 13.5. The van der Waals surface area contributed by atoms with Gasteiger partial charge in [-0.15, -0.1) is 0 Å². The Morgan fingerprint density at radius 3 is 2.46 bits per heavy atom. The SMILES string of the molecule is COc1cccc(NC(=O)CN(C)C(C)C(=O)Nc2ccc(Cl)cc2)c1. The Labute approximate surface area is 158 Å². The molecule has 1 unspecified atom stereocenters. The van der Waals surface area contributed by atoms with Crippen LogP contribution in [0.15, 0.2) is 48.5 Å². The number of ether oxygens (including phenoxy) is 1. The van der Waals surface area contributed by atoms with Gasteiger partial charge in [0.25, 0.3) is 0 Å². The van der Waals surface area contributed by atoms with E-state index in [0.29, 0.717) is 22.1 Å². The first-order valence-electron chi connectivity index (χ1n) is 8.09. The molecule has 0 saturated carbocycles. The van der Waals surface area contributed by atoms with E-state index in [0.717, 1.165) is 0 Å². The Morgan fingerprint density at radius 2 is 1.81 bits per heavy atom. The lowest BCUT2D eigenvalue weighted by Gasteiger charge is -2.23. The molecule has 2 amide bonds. The van der Waals surface area contributed by atoms with Gasteiger partial charge in [-0.25, -0.2) is 0 Å². The van der Waals surface area contributed by atoms with Gasteiger partial charge in [0.2, 0.25) is 11.8 Å². The average molecular weight is 376 g/mol. The predicted octanol–water partition coefficient (Wildman–Crippen LogP) is 3.25. The molecule has 2 rings (SSSR count). The smallest absolute Gasteiger partial charge is 0.241 e. The minimum absolute atomic E-state index is 0.0758. The fraction of sp³-hybridized carbons (Fsp3) is 0.263. The number of methoxy groups -OCH3 is 1. The number of halogens is 1. The van der Waals surface area contributed by atoms with E-state index >= 15 is 0 Å². The van der Waals surface area contributed by atoms with Crippen LogP contribution in [0.3, 0.4) is 0 Å². The highest BCUT2D eigenvalue weighted by Crippen LogP contribution is 2.17. The maximum absolute atomic E-state index is 12.3. The summed E-state index contributed by atoms with van der Waals surface area (Å²) in [6.45, 7) is 1.82. The third kappa shape index (κ3) is 5.75. The largest absolute Gasteiger partial charge is 0.497 e. The standard InChI is InChI=1S/C19H22ClN3O3/c1-13(19(25)22-15-9-7-14(20)8-10-15)23(2)12-18(24)21-16-5-4-6-17(11-16)26-3/h4-11,13H,12H2,1-3H3,(H,21,24)(H,22,25). The molecule has 0 radical (unpaired) electrons. The molecule has 138 valence electrons. The highest BCUT2D eigenvalue weighted by molar-refractivity contribution is 6.30. The zero-order valence-corrected chi connectivity index (χ0v) is 15.7. The van der Waals surface area contributed by atoms with Crippen LogP contribution in [-0.2, 0) is 9.59 Å². The monoisotopic (exact) mass is 375 g/mol. The lowest BCUT2D eigenvalue weighted by atomic mass is 10.2. The molecule has 0 heterocycles. The third-order valence-corrected chi connectivity index (χ3v) is 4.15. The number of amides is 2. The molecule has 0 aliphatic carbocycles. The van der Waals surface area contributed by atoms with Gasteiger partial charge in [-0.1, -0.05) is 17.7 Å². The summed E-state index contributed by atoms with van der Waals surface area (Å²) in [5, 5.41) is 6.19. The lowest BCUT2D eigenvalue weighted by molar-refractivity contribution is -0.122. The van der Waals surface area contributed by atoms with Crippen LogP contribution in [0.25, 0.3) is 0 Å². The van der Waals surface area contributed by atoms with Crippen LogP contribution in [0.4, 0.5) is 11.4 Å². The molecule has 0 aliphatic rings. The number of rotatable bonds is 7. The van der Waals surface area contributed by atoms with E-state index in [-0.39, 0.29) is 18.4 Å². The summed E-state index contributed by atoms with van der Waals surface area (Å²) in [5.74, 6) is 0.239. The van der Waals surface area contributed by atoms with Crippen LogP contribution in [0.5, 0.6) is 5.75 Å². The summed E-state index contributed by atoms with van der Waals surface area (Å²) in [4.78, 5) is 26.2. The Hall–Kier alpha value is -2.57. The predicted molar refractivity (Wildman–Crippen MR) is 104 cm³/mol. The van der Waals surface area contributed by atoms with Crippen molar-refractivity contribution in [2.45, 2.75) is 13.0 Å². The molecule has 0 spiro atoms. The number of nitrogens with zero attached hydrogens (tertiary/aromatic N) is 1. The van der Waals surface area contributed by atoms with Crippen molar-refractivity contribution < 1.29 is 14.3 Å². The maximum Gasteiger partial charge on any atom is 0.241 e. The number of anilines is 2. The van der Waals surface area contributed by atoms with Crippen molar-refractivity contribution in [3.63, 3.8) is 0 Å². The molecule has 2 aromatic rings. The zero-order chi connectivity index (χ0) is 19.1. The van der Waals surface area contributed by atoms with Crippen LogP contribution in [0.1, 0.15) is 6.92 Å². The highest BCUT2D eigenvalue weighted by Gasteiger charge is 2.20. The molecule has 0 saturated heterocycles. The second-order valence-corrected chi connectivity index (χ2v) is 6.30. The molecule has 0 aromatic heterocycles. The van der Waals surface area contributed by atoms with E-state index < -0.39 is 6.04 Å². The molecular weight excluding hydrogens is 354 g/mol. The molecule has 0 aliphatic heterocycles. The first-order chi connectivity index (χ1) is 12.4. The van der Waals surface area contributed by atoms with Gasteiger partial charge in [0.15, 0.2) is 0 Å². The molecule has 0 bridgehead atoms.